The molecule has 0 fully saturated rings. The van der Waals surface area contributed by atoms with Gasteiger partial charge in [-0.1, -0.05) is 40.5 Å². The summed E-state index contributed by atoms with van der Waals surface area (Å²) in [4.78, 5) is 20.7. The molecule has 22 heavy (non-hydrogen) atoms. The smallest absolute Gasteiger partial charge is 0.334 e. The molecule has 0 aliphatic carbocycles. The van der Waals surface area contributed by atoms with Gasteiger partial charge in [0.2, 0.25) is 0 Å². The summed E-state index contributed by atoms with van der Waals surface area (Å²) in [5.74, 6) is -2.52. The standard InChI is InChI=1S/C6H13NO5S.C6H13NO2/c1-3-4(2)5(6(8)9)7-13(10,11)12;1-3-4(2)5(7)6(8)9/h4-5,7H,3H2,1-2H3,(H,8,9)(H,10,11,12);4-5H,3,7H2,1-2H3,(H,8,9)/t2*4-,5-/m00/s1. The van der Waals surface area contributed by atoms with Gasteiger partial charge in [0.25, 0.3) is 0 Å². The third-order valence-electron chi connectivity index (χ3n) is 3.30. The van der Waals surface area contributed by atoms with E-state index in [9.17, 15) is 18.0 Å². The lowest BCUT2D eigenvalue weighted by molar-refractivity contribution is -0.141. The number of nitrogens with one attached hydrogen (secondary N) is 1. The van der Waals surface area contributed by atoms with Crippen molar-refractivity contribution in [3.63, 3.8) is 0 Å². The van der Waals surface area contributed by atoms with E-state index in [0.29, 0.717) is 6.42 Å². The molecule has 4 atom stereocenters. The third kappa shape index (κ3) is 10.5. The molecular weight excluding hydrogens is 316 g/mol. The van der Waals surface area contributed by atoms with Gasteiger partial charge in [-0.15, -0.1) is 0 Å². The molecule has 0 aliphatic rings. The molecule has 0 rings (SSSR count). The van der Waals surface area contributed by atoms with Crippen LogP contribution in [-0.4, -0.2) is 47.2 Å². The molecule has 0 spiro atoms. The summed E-state index contributed by atoms with van der Waals surface area (Å²) in [5.41, 5.74) is 5.27. The van der Waals surface area contributed by atoms with Crippen molar-refractivity contribution in [3.05, 3.63) is 0 Å². The van der Waals surface area contributed by atoms with Crippen molar-refractivity contribution >= 4 is 22.2 Å². The Morgan fingerprint density at radius 1 is 1.05 bits per heavy atom. The molecule has 0 aromatic rings. The van der Waals surface area contributed by atoms with Gasteiger partial charge in [-0.2, -0.15) is 13.1 Å². The van der Waals surface area contributed by atoms with E-state index in [1.165, 1.54) is 0 Å². The van der Waals surface area contributed by atoms with E-state index in [2.05, 4.69) is 0 Å². The lowest BCUT2D eigenvalue weighted by Crippen LogP contribution is -2.44. The van der Waals surface area contributed by atoms with Crippen LogP contribution in [0.2, 0.25) is 0 Å². The van der Waals surface area contributed by atoms with Crippen molar-refractivity contribution in [2.24, 2.45) is 17.6 Å². The van der Waals surface area contributed by atoms with Crippen LogP contribution in [-0.2, 0) is 19.9 Å². The fraction of sp³-hybridized carbons (Fsp3) is 0.833. The minimum atomic E-state index is -4.45. The minimum Gasteiger partial charge on any atom is -0.480 e. The molecule has 0 saturated heterocycles. The van der Waals surface area contributed by atoms with Crippen LogP contribution < -0.4 is 10.5 Å². The predicted octanol–water partition coefficient (Wildman–Crippen LogP) is 0.323. The lowest BCUT2D eigenvalue weighted by Gasteiger charge is -2.17. The van der Waals surface area contributed by atoms with Gasteiger partial charge < -0.3 is 15.9 Å². The molecule has 0 aromatic heterocycles. The summed E-state index contributed by atoms with van der Waals surface area (Å²) in [6.07, 6.45) is 1.31. The number of carboxylic acid groups (broad SMARTS) is 2. The topological polar surface area (TPSA) is 167 Å². The SMILES string of the molecule is CC[C@H](C)[C@H](N)C(=O)O.CC[C@H](C)[C@H](NS(=O)(=O)O)C(=O)O. The molecule has 0 saturated carbocycles. The average Bonchev–Trinajstić information content (AvgIpc) is 2.41. The zero-order valence-electron chi connectivity index (χ0n) is 13.2. The van der Waals surface area contributed by atoms with Gasteiger partial charge in [0, 0.05) is 0 Å². The van der Waals surface area contributed by atoms with Gasteiger partial charge in [0.1, 0.15) is 12.1 Å². The van der Waals surface area contributed by atoms with E-state index in [4.69, 9.17) is 20.5 Å². The normalized spacial score (nSPS) is 16.6. The molecule has 132 valence electrons. The number of aliphatic carboxylic acids is 2. The van der Waals surface area contributed by atoms with E-state index >= 15 is 0 Å². The maximum Gasteiger partial charge on any atom is 0.334 e. The first-order chi connectivity index (χ1) is 9.87. The van der Waals surface area contributed by atoms with E-state index in [1.54, 1.807) is 18.6 Å². The summed E-state index contributed by atoms with van der Waals surface area (Å²) >= 11 is 0. The van der Waals surface area contributed by atoms with Gasteiger partial charge in [-0.05, 0) is 11.8 Å². The highest BCUT2D eigenvalue weighted by molar-refractivity contribution is 7.83. The number of carbonyl (C=O) groups is 2. The molecule has 10 heteroatoms. The van der Waals surface area contributed by atoms with Crippen molar-refractivity contribution in [2.75, 3.05) is 0 Å². The number of nitrogens with two attached hydrogens (primary N) is 1. The van der Waals surface area contributed by atoms with Crippen LogP contribution >= 0.6 is 0 Å². The fourth-order valence-electron chi connectivity index (χ4n) is 1.30. The Labute approximate surface area is 130 Å². The van der Waals surface area contributed by atoms with Crippen molar-refractivity contribution in [1.82, 2.24) is 4.72 Å². The summed E-state index contributed by atoms with van der Waals surface area (Å²) in [7, 11) is -4.45. The van der Waals surface area contributed by atoms with Gasteiger partial charge in [-0.25, -0.2) is 0 Å². The lowest BCUT2D eigenvalue weighted by atomic mass is 10.0. The zero-order chi connectivity index (χ0) is 18.1. The van der Waals surface area contributed by atoms with Crippen LogP contribution in [0, 0.1) is 11.8 Å². The quantitative estimate of drug-likeness (QED) is 0.393. The van der Waals surface area contributed by atoms with Crippen LogP contribution in [0.1, 0.15) is 40.5 Å². The maximum atomic E-state index is 10.5. The first kappa shape index (κ1) is 23.0. The first-order valence-corrected chi connectivity index (χ1v) is 8.27. The number of carboxylic acids is 2. The van der Waals surface area contributed by atoms with E-state index in [0.717, 1.165) is 6.42 Å². The van der Waals surface area contributed by atoms with Crippen molar-refractivity contribution in [3.8, 4) is 0 Å². The molecule has 0 aliphatic heterocycles. The third-order valence-corrected chi connectivity index (χ3v) is 3.85. The Hall–Kier alpha value is -1.23. The van der Waals surface area contributed by atoms with E-state index in [-0.39, 0.29) is 11.8 Å². The van der Waals surface area contributed by atoms with Crippen LogP contribution in [0.25, 0.3) is 0 Å². The monoisotopic (exact) mass is 342 g/mol. The Morgan fingerprint density at radius 2 is 1.45 bits per heavy atom. The van der Waals surface area contributed by atoms with Crippen LogP contribution in [0.4, 0.5) is 0 Å². The Morgan fingerprint density at radius 3 is 1.64 bits per heavy atom. The largest absolute Gasteiger partial charge is 0.480 e. The molecular formula is C12H26N2O7S. The highest BCUT2D eigenvalue weighted by Gasteiger charge is 2.27. The second-order valence-corrected chi connectivity index (χ2v) is 6.23. The van der Waals surface area contributed by atoms with Crippen molar-refractivity contribution < 1.29 is 32.8 Å². The maximum absolute atomic E-state index is 10.5. The predicted molar refractivity (Wildman–Crippen MR) is 80.6 cm³/mol. The molecule has 0 bridgehead atoms. The van der Waals surface area contributed by atoms with Gasteiger partial charge in [-0.3, -0.25) is 14.1 Å². The van der Waals surface area contributed by atoms with Crippen LogP contribution in [0.15, 0.2) is 0 Å². The van der Waals surface area contributed by atoms with Crippen molar-refractivity contribution in [2.45, 2.75) is 52.6 Å². The van der Waals surface area contributed by atoms with Crippen molar-refractivity contribution in [1.29, 1.82) is 0 Å². The van der Waals surface area contributed by atoms with Gasteiger partial charge >= 0.3 is 22.2 Å². The molecule has 0 unspecified atom stereocenters. The fourth-order valence-corrected chi connectivity index (χ4v) is 1.96. The summed E-state index contributed by atoms with van der Waals surface area (Å²) in [5, 5.41) is 17.0. The molecule has 0 amide bonds. The highest BCUT2D eigenvalue weighted by atomic mass is 32.2. The minimum absolute atomic E-state index is 0.0718. The van der Waals surface area contributed by atoms with Crippen LogP contribution in [0.3, 0.4) is 0 Å². The van der Waals surface area contributed by atoms with Gasteiger partial charge in [0.05, 0.1) is 0 Å². The van der Waals surface area contributed by atoms with E-state index in [1.807, 2.05) is 13.8 Å². The average molecular weight is 342 g/mol. The summed E-state index contributed by atoms with van der Waals surface area (Å²) in [6.45, 7) is 7.06. The summed E-state index contributed by atoms with van der Waals surface area (Å²) in [6, 6.07) is -1.98. The highest BCUT2D eigenvalue weighted by Crippen LogP contribution is 2.08. The summed E-state index contributed by atoms with van der Waals surface area (Å²) < 4.78 is 30.7. The molecule has 0 radical (unpaired) electrons. The Kier molecular flexibility index (Phi) is 11.0. The first-order valence-electron chi connectivity index (χ1n) is 6.83. The van der Waals surface area contributed by atoms with Crippen LogP contribution in [0.5, 0.6) is 0 Å². The second-order valence-electron chi connectivity index (χ2n) is 5.04. The molecule has 0 aromatic carbocycles. The van der Waals surface area contributed by atoms with Gasteiger partial charge in [0.15, 0.2) is 0 Å². The molecule has 9 nitrogen and oxygen atoms in total. The molecule has 6 N–H and O–H groups in total. The number of hydrogen-bond acceptors (Lipinski definition) is 5. The Balaban J connectivity index is 0. The zero-order valence-corrected chi connectivity index (χ0v) is 14.0. The number of rotatable bonds is 8. The Bertz CT molecular complexity index is 452. The second kappa shape index (κ2) is 10.5. The van der Waals surface area contributed by atoms with E-state index < -0.39 is 34.3 Å². The molecule has 0 heterocycles. The number of hydrogen-bond donors (Lipinski definition) is 5.